The monoisotopic (exact) mass is 360 g/mol. The number of carbonyl (C=O) groups excluding carboxylic acids is 1. The van der Waals surface area contributed by atoms with Gasteiger partial charge >= 0.3 is 11.9 Å². The number of H-pyrrole nitrogens is 1. The molecule has 2 aromatic rings. The summed E-state index contributed by atoms with van der Waals surface area (Å²) >= 11 is 0. The number of aromatic amines is 1. The standard InChI is InChI=1S/C20H28N2O4/c1-3-5-14(6-4-2)20(25)26-12-13-7-8-16-15(10-17(21)19(23)24)11-22-18(16)9-13/h7-9,11,14,17,22H,3-6,10,12,21H2,1-2H3,(H,23,24)/t17-/m0/s1. The molecule has 1 aromatic carbocycles. The number of rotatable bonds is 10. The van der Waals surface area contributed by atoms with Crippen LogP contribution in [0.25, 0.3) is 10.9 Å². The zero-order valence-corrected chi connectivity index (χ0v) is 15.5. The van der Waals surface area contributed by atoms with Gasteiger partial charge in [-0.1, -0.05) is 38.8 Å². The Morgan fingerprint density at radius 1 is 1.23 bits per heavy atom. The number of carboxylic acid groups (broad SMARTS) is 1. The highest BCUT2D eigenvalue weighted by Gasteiger charge is 2.18. The van der Waals surface area contributed by atoms with Gasteiger partial charge in [0, 0.05) is 23.5 Å². The zero-order chi connectivity index (χ0) is 19.1. The summed E-state index contributed by atoms with van der Waals surface area (Å²) in [7, 11) is 0. The van der Waals surface area contributed by atoms with Crippen LogP contribution in [0, 0.1) is 5.92 Å². The Morgan fingerprint density at radius 2 is 1.92 bits per heavy atom. The lowest BCUT2D eigenvalue weighted by Crippen LogP contribution is -2.32. The van der Waals surface area contributed by atoms with Gasteiger partial charge in [0.25, 0.3) is 0 Å². The van der Waals surface area contributed by atoms with E-state index in [1.54, 1.807) is 6.20 Å². The summed E-state index contributed by atoms with van der Waals surface area (Å²) in [6.45, 7) is 4.38. The molecular formula is C20H28N2O4. The lowest BCUT2D eigenvalue weighted by atomic mass is 9.99. The van der Waals surface area contributed by atoms with Crippen LogP contribution in [0.1, 0.15) is 50.7 Å². The molecule has 0 radical (unpaired) electrons. The Balaban J connectivity index is 2.03. The quantitative estimate of drug-likeness (QED) is 0.563. The van der Waals surface area contributed by atoms with E-state index in [4.69, 9.17) is 15.6 Å². The van der Waals surface area contributed by atoms with Crippen molar-refractivity contribution in [2.24, 2.45) is 11.7 Å². The normalized spacial score (nSPS) is 12.5. The van der Waals surface area contributed by atoms with Crippen molar-refractivity contribution in [3.05, 3.63) is 35.5 Å². The Hall–Kier alpha value is -2.34. The third-order valence-electron chi connectivity index (χ3n) is 4.58. The highest BCUT2D eigenvalue weighted by Crippen LogP contribution is 2.22. The van der Waals surface area contributed by atoms with E-state index in [1.165, 1.54) is 0 Å². The number of aromatic nitrogens is 1. The number of nitrogens with one attached hydrogen (secondary N) is 1. The van der Waals surface area contributed by atoms with Gasteiger partial charge in [-0.05, 0) is 30.0 Å². The van der Waals surface area contributed by atoms with Gasteiger partial charge in [-0.3, -0.25) is 9.59 Å². The number of carboxylic acids is 1. The summed E-state index contributed by atoms with van der Waals surface area (Å²) < 4.78 is 5.50. The van der Waals surface area contributed by atoms with E-state index >= 15 is 0 Å². The van der Waals surface area contributed by atoms with E-state index in [1.807, 2.05) is 18.2 Å². The summed E-state index contributed by atoms with van der Waals surface area (Å²) in [5.41, 5.74) is 8.26. The number of carbonyl (C=O) groups is 2. The van der Waals surface area contributed by atoms with Crippen molar-refractivity contribution in [3.63, 3.8) is 0 Å². The molecule has 0 unspecified atom stereocenters. The summed E-state index contributed by atoms with van der Waals surface area (Å²) in [6, 6.07) is 4.80. The number of benzene rings is 1. The molecule has 0 saturated heterocycles. The van der Waals surface area contributed by atoms with Crippen molar-refractivity contribution in [3.8, 4) is 0 Å². The van der Waals surface area contributed by atoms with Crippen molar-refractivity contribution in [2.45, 2.75) is 58.6 Å². The Morgan fingerprint density at radius 3 is 2.54 bits per heavy atom. The first-order chi connectivity index (χ1) is 12.5. The van der Waals surface area contributed by atoms with Gasteiger partial charge < -0.3 is 20.6 Å². The zero-order valence-electron chi connectivity index (χ0n) is 15.5. The Labute approximate surface area is 153 Å². The summed E-state index contributed by atoms with van der Waals surface area (Å²) in [5.74, 6) is -1.17. The molecule has 0 fully saturated rings. The topological polar surface area (TPSA) is 105 Å². The van der Waals surface area contributed by atoms with Crippen LogP contribution in [0.4, 0.5) is 0 Å². The average molecular weight is 360 g/mol. The van der Waals surface area contributed by atoms with Crippen molar-refractivity contribution in [2.75, 3.05) is 0 Å². The maximum atomic E-state index is 12.2. The summed E-state index contributed by atoms with van der Waals surface area (Å²) in [4.78, 5) is 26.3. The van der Waals surface area contributed by atoms with Gasteiger partial charge in [0.15, 0.2) is 0 Å². The average Bonchev–Trinajstić information content (AvgIpc) is 3.01. The molecule has 1 aromatic heterocycles. The molecule has 0 saturated carbocycles. The van der Waals surface area contributed by atoms with Crippen LogP contribution >= 0.6 is 0 Å². The van der Waals surface area contributed by atoms with Gasteiger partial charge in [0.1, 0.15) is 12.6 Å². The van der Waals surface area contributed by atoms with Crippen molar-refractivity contribution in [1.29, 1.82) is 0 Å². The number of hydrogen-bond donors (Lipinski definition) is 3. The van der Waals surface area contributed by atoms with E-state index in [-0.39, 0.29) is 24.9 Å². The molecule has 0 aliphatic carbocycles. The molecule has 142 valence electrons. The lowest BCUT2D eigenvalue weighted by Gasteiger charge is -2.14. The van der Waals surface area contributed by atoms with Crippen molar-refractivity contribution in [1.82, 2.24) is 4.98 Å². The molecule has 6 nitrogen and oxygen atoms in total. The molecule has 0 aliphatic heterocycles. The van der Waals surface area contributed by atoms with Crippen LogP contribution < -0.4 is 5.73 Å². The molecule has 4 N–H and O–H groups in total. The fourth-order valence-corrected chi connectivity index (χ4v) is 3.17. The second kappa shape index (κ2) is 9.38. The minimum Gasteiger partial charge on any atom is -0.480 e. The minimum absolute atomic E-state index is 0.0247. The first-order valence-electron chi connectivity index (χ1n) is 9.20. The third-order valence-corrected chi connectivity index (χ3v) is 4.58. The molecule has 0 aliphatic rings. The number of aliphatic carboxylic acids is 1. The fraction of sp³-hybridized carbons (Fsp3) is 0.500. The lowest BCUT2D eigenvalue weighted by molar-refractivity contribution is -0.150. The van der Waals surface area contributed by atoms with E-state index in [0.29, 0.717) is 0 Å². The number of fused-ring (bicyclic) bond motifs is 1. The molecule has 1 atom stereocenters. The van der Waals surface area contributed by atoms with Gasteiger partial charge in [0.2, 0.25) is 0 Å². The van der Waals surface area contributed by atoms with Crippen molar-refractivity contribution >= 4 is 22.8 Å². The largest absolute Gasteiger partial charge is 0.480 e. The van der Waals surface area contributed by atoms with Crippen LogP contribution in [0.5, 0.6) is 0 Å². The summed E-state index contributed by atoms with van der Waals surface area (Å²) in [5, 5.41) is 9.89. The number of esters is 1. The van der Waals surface area contributed by atoms with Crippen LogP contribution in [0.15, 0.2) is 24.4 Å². The molecule has 0 spiro atoms. The van der Waals surface area contributed by atoms with Gasteiger partial charge in [-0.15, -0.1) is 0 Å². The van der Waals surface area contributed by atoms with E-state index in [2.05, 4.69) is 18.8 Å². The molecule has 1 heterocycles. The van der Waals surface area contributed by atoms with Gasteiger partial charge in [-0.2, -0.15) is 0 Å². The van der Waals surface area contributed by atoms with E-state index in [9.17, 15) is 9.59 Å². The van der Waals surface area contributed by atoms with E-state index in [0.717, 1.165) is 47.7 Å². The maximum Gasteiger partial charge on any atom is 0.320 e. The molecule has 26 heavy (non-hydrogen) atoms. The SMILES string of the molecule is CCCC(CCC)C(=O)OCc1ccc2c(C[C@H](N)C(=O)O)c[nH]c2c1. The van der Waals surface area contributed by atoms with Gasteiger partial charge in [-0.25, -0.2) is 0 Å². The second-order valence-electron chi connectivity index (χ2n) is 6.72. The van der Waals surface area contributed by atoms with Gasteiger partial charge in [0.05, 0.1) is 5.92 Å². The predicted octanol–water partition coefficient (Wildman–Crippen LogP) is 3.38. The molecule has 6 heteroatoms. The molecule has 2 rings (SSSR count). The maximum absolute atomic E-state index is 12.2. The molecular weight excluding hydrogens is 332 g/mol. The summed E-state index contributed by atoms with van der Waals surface area (Å²) in [6.07, 6.45) is 5.69. The third kappa shape index (κ3) is 5.08. The highest BCUT2D eigenvalue weighted by molar-refractivity contribution is 5.85. The smallest absolute Gasteiger partial charge is 0.320 e. The van der Waals surface area contributed by atoms with Crippen LogP contribution in [-0.2, 0) is 27.4 Å². The fourth-order valence-electron chi connectivity index (χ4n) is 3.17. The number of hydrogen-bond acceptors (Lipinski definition) is 4. The Bertz CT molecular complexity index is 747. The predicted molar refractivity (Wildman–Crippen MR) is 101 cm³/mol. The first-order valence-corrected chi connectivity index (χ1v) is 9.20. The van der Waals surface area contributed by atoms with Crippen LogP contribution in [0.2, 0.25) is 0 Å². The molecule has 0 bridgehead atoms. The Kier molecular flexibility index (Phi) is 7.21. The second-order valence-corrected chi connectivity index (χ2v) is 6.72. The minimum atomic E-state index is -1.02. The first kappa shape index (κ1) is 20.0. The van der Waals surface area contributed by atoms with Crippen LogP contribution in [-0.4, -0.2) is 28.1 Å². The number of nitrogens with two attached hydrogens (primary N) is 1. The molecule has 0 amide bonds. The van der Waals surface area contributed by atoms with Crippen molar-refractivity contribution < 1.29 is 19.4 Å². The van der Waals surface area contributed by atoms with Crippen LogP contribution in [0.3, 0.4) is 0 Å². The highest BCUT2D eigenvalue weighted by atomic mass is 16.5. The van der Waals surface area contributed by atoms with E-state index < -0.39 is 12.0 Å². The number of ether oxygens (including phenoxy) is 1.